The van der Waals surface area contributed by atoms with Gasteiger partial charge >= 0.3 is 0 Å². The summed E-state index contributed by atoms with van der Waals surface area (Å²) in [5.41, 5.74) is 5.07. The van der Waals surface area contributed by atoms with E-state index in [1.807, 2.05) is 0 Å². The van der Waals surface area contributed by atoms with Crippen LogP contribution in [0.3, 0.4) is 0 Å². The van der Waals surface area contributed by atoms with Crippen LogP contribution in [0.2, 0.25) is 0 Å². The number of allylic oxidation sites excluding steroid dienone is 1. The molecule has 1 nitrogen and oxygen atoms in total. The predicted molar refractivity (Wildman–Crippen MR) is 81.5 cm³/mol. The number of anilines is 1. The summed E-state index contributed by atoms with van der Waals surface area (Å²) in [6.07, 6.45) is 1.02. The molecule has 1 heteroatoms. The van der Waals surface area contributed by atoms with Crippen LogP contribution in [0, 0.1) is 0 Å². The van der Waals surface area contributed by atoms with E-state index in [1.54, 1.807) is 0 Å². The first-order chi connectivity index (χ1) is 9.21. The minimum Gasteiger partial charge on any atom is -0.347 e. The number of likely N-dealkylation sites (N-methyl/N-ethyl adjacent to an activating group) is 1. The van der Waals surface area contributed by atoms with Crippen LogP contribution in [-0.4, -0.2) is 7.05 Å². The number of para-hydroxylation sites is 1. The number of fused-ring (bicyclic) bond motifs is 1. The topological polar surface area (TPSA) is 3.24 Å². The Balaban J connectivity index is 2.30. The van der Waals surface area contributed by atoms with Gasteiger partial charge in [0, 0.05) is 18.4 Å². The normalized spacial score (nSPS) is 21.6. The molecule has 0 aliphatic carbocycles. The van der Waals surface area contributed by atoms with Gasteiger partial charge in [0.25, 0.3) is 0 Å². The van der Waals surface area contributed by atoms with Crippen molar-refractivity contribution < 1.29 is 0 Å². The molecule has 0 spiro atoms. The van der Waals surface area contributed by atoms with E-state index in [0.29, 0.717) is 0 Å². The maximum atomic E-state index is 4.38. The highest BCUT2D eigenvalue weighted by Gasteiger charge is 2.44. The lowest BCUT2D eigenvalue weighted by atomic mass is 9.72. The third kappa shape index (κ3) is 1.48. The van der Waals surface area contributed by atoms with E-state index in [0.717, 1.165) is 6.42 Å². The lowest BCUT2D eigenvalue weighted by Gasteiger charge is -2.31. The van der Waals surface area contributed by atoms with E-state index in [1.165, 1.54) is 22.5 Å². The predicted octanol–water partition coefficient (Wildman–Crippen LogP) is 4.35. The summed E-state index contributed by atoms with van der Waals surface area (Å²) in [5.74, 6) is 0. The van der Waals surface area contributed by atoms with Gasteiger partial charge in [0.1, 0.15) is 0 Å². The Morgan fingerprint density at radius 3 is 2.32 bits per heavy atom. The zero-order chi connectivity index (χ0) is 13.5. The summed E-state index contributed by atoms with van der Waals surface area (Å²) >= 11 is 0. The van der Waals surface area contributed by atoms with Crippen LogP contribution >= 0.6 is 0 Å². The molecule has 0 N–H and O–H groups in total. The summed E-state index contributed by atoms with van der Waals surface area (Å²) in [7, 11) is 2.11. The van der Waals surface area contributed by atoms with Crippen LogP contribution in [0.5, 0.6) is 0 Å². The molecule has 0 radical (unpaired) electrons. The molecule has 1 aliphatic heterocycles. The molecule has 3 rings (SSSR count). The molecule has 0 saturated heterocycles. The molecule has 0 bridgehead atoms. The maximum absolute atomic E-state index is 4.38. The average Bonchev–Trinajstić information content (AvgIpc) is 2.70. The third-order valence-corrected chi connectivity index (χ3v) is 4.42. The van der Waals surface area contributed by atoms with Crippen LogP contribution in [0.25, 0.3) is 0 Å². The summed E-state index contributed by atoms with van der Waals surface area (Å²) in [6, 6.07) is 19.4. The monoisotopic (exact) mass is 249 g/mol. The highest BCUT2D eigenvalue weighted by molar-refractivity contribution is 5.73. The molecule has 1 aliphatic rings. The van der Waals surface area contributed by atoms with Crippen LogP contribution in [0.4, 0.5) is 5.69 Å². The van der Waals surface area contributed by atoms with Gasteiger partial charge in [0.2, 0.25) is 0 Å². The van der Waals surface area contributed by atoms with Crippen molar-refractivity contribution in [1.82, 2.24) is 0 Å². The maximum Gasteiger partial charge on any atom is 0.0615 e. The molecule has 2 aromatic carbocycles. The largest absolute Gasteiger partial charge is 0.347 e. The summed E-state index contributed by atoms with van der Waals surface area (Å²) in [5, 5.41) is 0. The zero-order valence-corrected chi connectivity index (χ0v) is 11.6. The minimum absolute atomic E-state index is 0.0768. The molecule has 2 aromatic rings. The molecule has 1 heterocycles. The number of benzene rings is 2. The van der Waals surface area contributed by atoms with Gasteiger partial charge < -0.3 is 4.90 Å². The Kier molecular flexibility index (Phi) is 2.70. The van der Waals surface area contributed by atoms with Crippen molar-refractivity contribution in [2.24, 2.45) is 0 Å². The summed E-state index contributed by atoms with van der Waals surface area (Å²) in [4.78, 5) is 2.23. The van der Waals surface area contributed by atoms with Crippen molar-refractivity contribution in [3.05, 3.63) is 78.0 Å². The summed E-state index contributed by atoms with van der Waals surface area (Å²) in [6.45, 7) is 6.62. The molecule has 0 amide bonds. The molecule has 1 atom stereocenters. The molecule has 0 fully saturated rings. The smallest absolute Gasteiger partial charge is 0.0615 e. The third-order valence-electron chi connectivity index (χ3n) is 4.42. The summed E-state index contributed by atoms with van der Waals surface area (Å²) < 4.78 is 0. The fourth-order valence-electron chi connectivity index (χ4n) is 3.36. The lowest BCUT2D eigenvalue weighted by molar-refractivity contribution is 0.596. The number of nitrogens with zero attached hydrogens (tertiary/aromatic N) is 1. The van der Waals surface area contributed by atoms with Gasteiger partial charge in [-0.2, -0.15) is 0 Å². The first-order valence-corrected chi connectivity index (χ1v) is 6.80. The number of rotatable bonds is 2. The fraction of sp³-hybridized carbons (Fsp3) is 0.222. The van der Waals surface area contributed by atoms with E-state index >= 15 is 0 Å². The van der Waals surface area contributed by atoms with Crippen molar-refractivity contribution >= 4 is 5.69 Å². The Morgan fingerprint density at radius 1 is 1.00 bits per heavy atom. The van der Waals surface area contributed by atoms with E-state index in [9.17, 15) is 0 Å². The van der Waals surface area contributed by atoms with Crippen molar-refractivity contribution in [1.29, 1.82) is 0 Å². The van der Waals surface area contributed by atoms with Gasteiger partial charge in [0.15, 0.2) is 0 Å². The minimum atomic E-state index is -0.0768. The van der Waals surface area contributed by atoms with Gasteiger partial charge in [-0.05, 0) is 23.6 Å². The molecular weight excluding hydrogens is 230 g/mol. The lowest BCUT2D eigenvalue weighted by Crippen LogP contribution is -2.29. The van der Waals surface area contributed by atoms with Gasteiger partial charge in [-0.1, -0.05) is 62.0 Å². The Morgan fingerprint density at radius 2 is 1.63 bits per heavy atom. The van der Waals surface area contributed by atoms with Gasteiger partial charge in [-0.25, -0.2) is 0 Å². The van der Waals surface area contributed by atoms with Crippen molar-refractivity contribution in [2.75, 3.05) is 11.9 Å². The fourth-order valence-corrected chi connectivity index (χ4v) is 3.36. The van der Waals surface area contributed by atoms with E-state index in [2.05, 4.69) is 80.0 Å². The van der Waals surface area contributed by atoms with Gasteiger partial charge in [-0.15, -0.1) is 0 Å². The molecule has 19 heavy (non-hydrogen) atoms. The molecular formula is C18H19N. The van der Waals surface area contributed by atoms with Crippen molar-refractivity contribution in [3.63, 3.8) is 0 Å². The second kappa shape index (κ2) is 4.27. The Bertz CT molecular complexity index is 615. The number of hydrogen-bond donors (Lipinski definition) is 0. The zero-order valence-electron chi connectivity index (χ0n) is 11.6. The van der Waals surface area contributed by atoms with Gasteiger partial charge in [0.05, 0.1) is 5.41 Å². The van der Waals surface area contributed by atoms with E-state index in [4.69, 9.17) is 0 Å². The molecule has 0 saturated carbocycles. The second-order valence-electron chi connectivity index (χ2n) is 5.15. The Hall–Kier alpha value is -2.02. The molecule has 1 unspecified atom stereocenters. The second-order valence-corrected chi connectivity index (χ2v) is 5.15. The number of hydrogen-bond acceptors (Lipinski definition) is 1. The quantitative estimate of drug-likeness (QED) is 0.765. The van der Waals surface area contributed by atoms with E-state index < -0.39 is 0 Å². The highest BCUT2D eigenvalue weighted by Crippen LogP contribution is 2.52. The van der Waals surface area contributed by atoms with Crippen molar-refractivity contribution in [3.8, 4) is 0 Å². The first kappa shape index (κ1) is 12.0. The van der Waals surface area contributed by atoms with Crippen LogP contribution in [0.15, 0.2) is 66.9 Å². The van der Waals surface area contributed by atoms with Crippen LogP contribution < -0.4 is 4.90 Å². The Labute approximate surface area is 115 Å². The molecule has 0 aromatic heterocycles. The van der Waals surface area contributed by atoms with Crippen LogP contribution in [0.1, 0.15) is 24.5 Å². The highest BCUT2D eigenvalue weighted by atomic mass is 15.2. The van der Waals surface area contributed by atoms with Crippen LogP contribution in [-0.2, 0) is 5.41 Å². The van der Waals surface area contributed by atoms with Gasteiger partial charge in [-0.3, -0.25) is 0 Å². The molecule has 96 valence electrons. The SMILES string of the molecule is C=C1N(C)c2ccccc2C1(CC)c1ccccc1. The average molecular weight is 249 g/mol. The standard InChI is InChI=1S/C18H19N/c1-4-18(15-10-6-5-7-11-15)14(2)19(3)17-13-9-8-12-16(17)18/h5-13H,2,4H2,1,3H3. The van der Waals surface area contributed by atoms with Crippen molar-refractivity contribution in [2.45, 2.75) is 18.8 Å². The first-order valence-electron chi connectivity index (χ1n) is 6.80. The van der Waals surface area contributed by atoms with E-state index in [-0.39, 0.29) is 5.41 Å².